The first-order valence-corrected chi connectivity index (χ1v) is 5.90. The van der Waals surface area contributed by atoms with Crippen molar-refractivity contribution in [2.75, 3.05) is 0 Å². The second kappa shape index (κ2) is 3.40. The Labute approximate surface area is 100 Å². The van der Waals surface area contributed by atoms with Gasteiger partial charge in [-0.2, -0.15) is 0 Å². The first kappa shape index (κ1) is 11.8. The summed E-state index contributed by atoms with van der Waals surface area (Å²) in [7, 11) is 0. The van der Waals surface area contributed by atoms with Gasteiger partial charge in [0.1, 0.15) is 24.5 Å². The standard InChI is InChI=1S/C11H19NO5/c1-10(2)14-5-6(15-10)8(12)13-9-7(5)16-11(3,4)17-9/h5-9H,12H2,1-4H3. The molecule has 6 heteroatoms. The molecule has 3 rings (SSSR count). The van der Waals surface area contributed by atoms with Crippen molar-refractivity contribution < 1.29 is 23.7 Å². The average Bonchev–Trinajstić information content (AvgIpc) is 2.62. The van der Waals surface area contributed by atoms with Crippen molar-refractivity contribution in [2.45, 2.75) is 70.1 Å². The number of ether oxygens (including phenoxy) is 5. The van der Waals surface area contributed by atoms with Gasteiger partial charge >= 0.3 is 0 Å². The Kier molecular flexibility index (Phi) is 2.37. The van der Waals surface area contributed by atoms with Gasteiger partial charge in [0.25, 0.3) is 0 Å². The van der Waals surface area contributed by atoms with Crippen LogP contribution in [-0.4, -0.2) is 42.4 Å². The minimum absolute atomic E-state index is 0.250. The van der Waals surface area contributed by atoms with Crippen LogP contribution in [0.2, 0.25) is 0 Å². The maximum Gasteiger partial charge on any atom is 0.191 e. The molecular weight excluding hydrogens is 226 g/mol. The molecule has 6 nitrogen and oxygen atoms in total. The first-order valence-electron chi connectivity index (χ1n) is 5.90. The van der Waals surface area contributed by atoms with Gasteiger partial charge in [-0.15, -0.1) is 0 Å². The molecule has 3 saturated heterocycles. The van der Waals surface area contributed by atoms with Crippen molar-refractivity contribution in [3.63, 3.8) is 0 Å². The van der Waals surface area contributed by atoms with Crippen molar-refractivity contribution in [3.05, 3.63) is 0 Å². The van der Waals surface area contributed by atoms with Crippen molar-refractivity contribution in [1.82, 2.24) is 0 Å². The van der Waals surface area contributed by atoms with E-state index in [1.807, 2.05) is 27.7 Å². The molecule has 98 valence electrons. The van der Waals surface area contributed by atoms with Gasteiger partial charge in [0, 0.05) is 0 Å². The van der Waals surface area contributed by atoms with Gasteiger partial charge in [-0.25, -0.2) is 0 Å². The number of hydrogen-bond acceptors (Lipinski definition) is 6. The zero-order chi connectivity index (χ0) is 12.4. The minimum atomic E-state index is -0.681. The van der Waals surface area contributed by atoms with Crippen molar-refractivity contribution in [3.8, 4) is 0 Å². The lowest BCUT2D eigenvalue weighted by Crippen LogP contribution is -2.58. The van der Waals surface area contributed by atoms with Crippen LogP contribution in [0, 0.1) is 0 Å². The lowest BCUT2D eigenvalue weighted by molar-refractivity contribution is -0.232. The van der Waals surface area contributed by atoms with Gasteiger partial charge in [0.2, 0.25) is 0 Å². The fourth-order valence-corrected chi connectivity index (χ4v) is 2.64. The normalized spacial score (nSPS) is 51.0. The third kappa shape index (κ3) is 1.89. The Hall–Kier alpha value is -0.240. The highest BCUT2D eigenvalue weighted by atomic mass is 16.9. The average molecular weight is 245 g/mol. The summed E-state index contributed by atoms with van der Waals surface area (Å²) in [5, 5.41) is 0. The lowest BCUT2D eigenvalue weighted by Gasteiger charge is -2.35. The van der Waals surface area contributed by atoms with Crippen LogP contribution < -0.4 is 5.73 Å². The van der Waals surface area contributed by atoms with Gasteiger partial charge in [-0.3, -0.25) is 0 Å². The Morgan fingerprint density at radius 3 is 2.00 bits per heavy atom. The van der Waals surface area contributed by atoms with Gasteiger partial charge in [0.05, 0.1) is 0 Å². The maximum absolute atomic E-state index is 5.92. The van der Waals surface area contributed by atoms with E-state index in [9.17, 15) is 0 Å². The molecule has 0 bridgehead atoms. The van der Waals surface area contributed by atoms with Crippen LogP contribution >= 0.6 is 0 Å². The van der Waals surface area contributed by atoms with Crippen molar-refractivity contribution in [2.24, 2.45) is 5.73 Å². The summed E-state index contributed by atoms with van der Waals surface area (Å²) in [6.07, 6.45) is -1.90. The molecule has 17 heavy (non-hydrogen) atoms. The molecule has 0 amide bonds. The Morgan fingerprint density at radius 2 is 1.29 bits per heavy atom. The molecule has 0 saturated carbocycles. The summed E-state index contributed by atoms with van der Waals surface area (Å²) in [5.41, 5.74) is 5.92. The molecule has 3 aliphatic heterocycles. The quantitative estimate of drug-likeness (QED) is 0.661. The fraction of sp³-hybridized carbons (Fsp3) is 1.00. The van der Waals surface area contributed by atoms with E-state index in [4.69, 9.17) is 29.4 Å². The van der Waals surface area contributed by atoms with E-state index in [1.54, 1.807) is 0 Å². The molecule has 3 heterocycles. The zero-order valence-corrected chi connectivity index (χ0v) is 10.5. The molecule has 2 N–H and O–H groups in total. The molecule has 3 fully saturated rings. The van der Waals surface area contributed by atoms with Crippen LogP contribution in [0.5, 0.6) is 0 Å². The van der Waals surface area contributed by atoms with Crippen LogP contribution in [0.4, 0.5) is 0 Å². The van der Waals surface area contributed by atoms with E-state index in [1.165, 1.54) is 0 Å². The third-order valence-electron chi connectivity index (χ3n) is 3.19. The molecule has 0 aromatic rings. The highest BCUT2D eigenvalue weighted by Crippen LogP contribution is 2.42. The monoisotopic (exact) mass is 245 g/mol. The summed E-state index contributed by atoms with van der Waals surface area (Å²) in [5.74, 6) is -1.35. The summed E-state index contributed by atoms with van der Waals surface area (Å²) in [6, 6.07) is 0. The van der Waals surface area contributed by atoms with Crippen LogP contribution in [0.1, 0.15) is 27.7 Å². The van der Waals surface area contributed by atoms with E-state index < -0.39 is 24.1 Å². The van der Waals surface area contributed by atoms with E-state index in [2.05, 4.69) is 0 Å². The zero-order valence-electron chi connectivity index (χ0n) is 10.5. The molecule has 0 aromatic heterocycles. The Bertz CT molecular complexity index is 332. The summed E-state index contributed by atoms with van der Waals surface area (Å²) in [4.78, 5) is 0. The predicted octanol–water partition coefficient (Wildman–Crippen LogP) is 0.299. The van der Waals surface area contributed by atoms with Crippen LogP contribution in [0.3, 0.4) is 0 Å². The van der Waals surface area contributed by atoms with E-state index in [0.717, 1.165) is 0 Å². The smallest absolute Gasteiger partial charge is 0.191 e. The van der Waals surface area contributed by atoms with Gasteiger partial charge < -0.3 is 29.4 Å². The Balaban J connectivity index is 1.86. The number of fused-ring (bicyclic) bond motifs is 3. The van der Waals surface area contributed by atoms with Crippen molar-refractivity contribution >= 4 is 0 Å². The van der Waals surface area contributed by atoms with Crippen LogP contribution in [-0.2, 0) is 23.7 Å². The van der Waals surface area contributed by atoms with Crippen LogP contribution in [0.25, 0.3) is 0 Å². The fourth-order valence-electron chi connectivity index (χ4n) is 2.64. The summed E-state index contributed by atoms with van der Waals surface area (Å²) >= 11 is 0. The molecule has 0 aromatic carbocycles. The second-order valence-electron chi connectivity index (χ2n) is 5.63. The largest absolute Gasteiger partial charge is 0.341 e. The summed E-state index contributed by atoms with van der Waals surface area (Å²) in [6.45, 7) is 7.40. The molecule has 5 atom stereocenters. The van der Waals surface area contributed by atoms with E-state index in [-0.39, 0.29) is 18.3 Å². The summed E-state index contributed by atoms with van der Waals surface area (Å²) < 4.78 is 28.6. The van der Waals surface area contributed by atoms with E-state index in [0.29, 0.717) is 0 Å². The van der Waals surface area contributed by atoms with Crippen molar-refractivity contribution in [1.29, 1.82) is 0 Å². The molecule has 3 aliphatic rings. The maximum atomic E-state index is 5.92. The molecule has 0 spiro atoms. The number of hydrogen-bond donors (Lipinski definition) is 1. The highest BCUT2D eigenvalue weighted by molar-refractivity contribution is 4.98. The van der Waals surface area contributed by atoms with Gasteiger partial charge in [-0.1, -0.05) is 0 Å². The molecule has 0 aliphatic carbocycles. The predicted molar refractivity (Wildman–Crippen MR) is 56.7 cm³/mol. The lowest BCUT2D eigenvalue weighted by atomic mass is 10.0. The second-order valence-corrected chi connectivity index (χ2v) is 5.63. The Morgan fingerprint density at radius 1 is 0.765 bits per heavy atom. The van der Waals surface area contributed by atoms with Gasteiger partial charge in [-0.05, 0) is 27.7 Å². The number of rotatable bonds is 0. The van der Waals surface area contributed by atoms with Crippen LogP contribution in [0.15, 0.2) is 0 Å². The topological polar surface area (TPSA) is 72.2 Å². The molecule has 0 radical (unpaired) electrons. The molecular formula is C11H19NO5. The number of nitrogens with two attached hydrogens (primary N) is 1. The minimum Gasteiger partial charge on any atom is -0.341 e. The van der Waals surface area contributed by atoms with E-state index >= 15 is 0 Å². The van der Waals surface area contributed by atoms with Gasteiger partial charge in [0.15, 0.2) is 17.9 Å². The SMILES string of the molecule is CC1(C)OC2OC(N)C3OC(C)(C)OC3C2O1. The first-order chi connectivity index (χ1) is 7.77. The third-order valence-corrected chi connectivity index (χ3v) is 3.19. The molecule has 5 unspecified atom stereocenters. The highest BCUT2D eigenvalue weighted by Gasteiger charge is 2.59.